The average molecular weight is 487 g/mol. The van der Waals surface area contributed by atoms with E-state index in [1.807, 2.05) is 107 Å². The molecule has 3 aromatic rings. The van der Waals surface area contributed by atoms with Gasteiger partial charge in [-0.2, -0.15) is 0 Å². The monoisotopic (exact) mass is 486 g/mol. The van der Waals surface area contributed by atoms with Crippen LogP contribution >= 0.6 is 0 Å². The summed E-state index contributed by atoms with van der Waals surface area (Å²) in [6, 6.07) is 22.9. The fourth-order valence-corrected chi connectivity index (χ4v) is 4.00. The fourth-order valence-electron chi connectivity index (χ4n) is 4.00. The number of aryl methyl sites for hydroxylation is 3. The van der Waals surface area contributed by atoms with Crippen LogP contribution in [0.3, 0.4) is 0 Å². The summed E-state index contributed by atoms with van der Waals surface area (Å²) >= 11 is 0. The molecule has 3 rings (SSSR count). The van der Waals surface area contributed by atoms with Gasteiger partial charge in [0.25, 0.3) is 5.91 Å². The third-order valence-electron chi connectivity index (χ3n) is 6.71. The van der Waals surface area contributed by atoms with Crippen LogP contribution in [0.15, 0.2) is 72.8 Å². The largest absolute Gasteiger partial charge is 0.484 e. The first-order valence-electron chi connectivity index (χ1n) is 12.7. The number of nitrogens with one attached hydrogen (secondary N) is 1. The number of ether oxygens (including phenoxy) is 1. The normalized spacial score (nSPS) is 12.5. The minimum atomic E-state index is -0.670. The number of carbonyl (C=O) groups is 2. The van der Waals surface area contributed by atoms with Gasteiger partial charge < -0.3 is 15.0 Å². The molecule has 36 heavy (non-hydrogen) atoms. The van der Waals surface area contributed by atoms with Crippen LogP contribution in [0.25, 0.3) is 0 Å². The van der Waals surface area contributed by atoms with Crippen LogP contribution < -0.4 is 10.1 Å². The van der Waals surface area contributed by atoms with Crippen molar-refractivity contribution >= 4 is 11.8 Å². The van der Waals surface area contributed by atoms with Gasteiger partial charge in [0.1, 0.15) is 11.8 Å². The Morgan fingerprint density at radius 3 is 2.25 bits per heavy atom. The van der Waals surface area contributed by atoms with Crippen molar-refractivity contribution in [2.75, 3.05) is 6.61 Å². The summed E-state index contributed by atoms with van der Waals surface area (Å²) in [5.74, 6) is 0.268. The summed E-state index contributed by atoms with van der Waals surface area (Å²) in [5, 5.41) is 3.10. The van der Waals surface area contributed by atoms with Gasteiger partial charge in [-0.25, -0.2) is 0 Å². The van der Waals surface area contributed by atoms with Crippen molar-refractivity contribution < 1.29 is 14.3 Å². The topological polar surface area (TPSA) is 58.6 Å². The second-order valence-corrected chi connectivity index (χ2v) is 9.51. The van der Waals surface area contributed by atoms with Crippen molar-refractivity contribution in [2.45, 2.75) is 66.1 Å². The van der Waals surface area contributed by atoms with Gasteiger partial charge in [-0.1, -0.05) is 67.6 Å². The zero-order valence-electron chi connectivity index (χ0n) is 22.1. The lowest BCUT2D eigenvalue weighted by molar-refractivity contribution is -0.143. The van der Waals surface area contributed by atoms with E-state index in [0.717, 1.165) is 28.7 Å². The molecule has 5 heteroatoms. The number of hydrogen-bond donors (Lipinski definition) is 1. The molecule has 0 unspecified atom stereocenters. The number of rotatable bonds is 11. The van der Waals surface area contributed by atoms with E-state index in [0.29, 0.717) is 18.7 Å². The van der Waals surface area contributed by atoms with Gasteiger partial charge >= 0.3 is 0 Å². The van der Waals surface area contributed by atoms with E-state index in [2.05, 4.69) is 5.32 Å². The number of amides is 2. The molecular formula is C31H38N2O3. The summed E-state index contributed by atoms with van der Waals surface area (Å²) in [6.07, 6.45) is 1.23. The van der Waals surface area contributed by atoms with Gasteiger partial charge in [-0.3, -0.25) is 9.59 Å². The van der Waals surface area contributed by atoms with Crippen LogP contribution in [0, 0.1) is 20.8 Å². The lowest BCUT2D eigenvalue weighted by Crippen LogP contribution is -2.53. The molecule has 5 nitrogen and oxygen atoms in total. The Balaban J connectivity index is 1.92. The quantitative estimate of drug-likeness (QED) is 0.387. The zero-order chi connectivity index (χ0) is 26.1. The highest BCUT2D eigenvalue weighted by atomic mass is 16.5. The highest BCUT2D eigenvalue weighted by Crippen LogP contribution is 2.20. The van der Waals surface area contributed by atoms with E-state index in [9.17, 15) is 9.59 Å². The molecule has 190 valence electrons. The van der Waals surface area contributed by atoms with E-state index >= 15 is 0 Å². The fraction of sp³-hybridized carbons (Fsp3) is 0.355. The molecule has 0 radical (unpaired) electrons. The summed E-state index contributed by atoms with van der Waals surface area (Å²) in [5.41, 5.74) is 5.35. The van der Waals surface area contributed by atoms with E-state index in [1.54, 1.807) is 4.90 Å². The molecule has 0 aliphatic heterocycles. The molecule has 0 saturated carbocycles. The van der Waals surface area contributed by atoms with E-state index < -0.39 is 6.04 Å². The molecule has 0 fully saturated rings. The van der Waals surface area contributed by atoms with Crippen molar-refractivity contribution in [3.8, 4) is 5.75 Å². The molecule has 0 saturated heterocycles. The molecule has 0 bridgehead atoms. The number of benzene rings is 3. The van der Waals surface area contributed by atoms with Crippen molar-refractivity contribution in [1.82, 2.24) is 10.2 Å². The van der Waals surface area contributed by atoms with Gasteiger partial charge in [-0.05, 0) is 74.1 Å². The van der Waals surface area contributed by atoms with Gasteiger partial charge in [0.15, 0.2) is 6.61 Å². The lowest BCUT2D eigenvalue weighted by Gasteiger charge is -2.32. The second kappa shape index (κ2) is 12.9. The molecule has 1 N–H and O–H groups in total. The molecule has 0 heterocycles. The van der Waals surface area contributed by atoms with Crippen LogP contribution in [0.2, 0.25) is 0 Å². The van der Waals surface area contributed by atoms with E-state index in [1.165, 1.54) is 5.56 Å². The Bertz CT molecular complexity index is 1160. The highest BCUT2D eigenvalue weighted by Gasteiger charge is 2.31. The smallest absolute Gasteiger partial charge is 0.261 e. The number of nitrogens with zero attached hydrogens (tertiary/aromatic N) is 1. The minimum absolute atomic E-state index is 0.0120. The van der Waals surface area contributed by atoms with Crippen molar-refractivity contribution in [1.29, 1.82) is 0 Å². The van der Waals surface area contributed by atoms with Crippen molar-refractivity contribution in [3.63, 3.8) is 0 Å². The summed E-state index contributed by atoms with van der Waals surface area (Å²) in [4.78, 5) is 28.9. The first-order valence-corrected chi connectivity index (χ1v) is 12.7. The predicted octanol–water partition coefficient (Wildman–Crippen LogP) is 5.55. The van der Waals surface area contributed by atoms with Gasteiger partial charge in [0.2, 0.25) is 5.91 Å². The molecule has 2 atom stereocenters. The number of hydrogen-bond acceptors (Lipinski definition) is 3. The Kier molecular flexibility index (Phi) is 9.69. The van der Waals surface area contributed by atoms with Gasteiger partial charge in [-0.15, -0.1) is 0 Å². The van der Waals surface area contributed by atoms with Crippen LogP contribution in [0.1, 0.15) is 48.1 Å². The molecule has 0 aliphatic rings. The molecule has 0 aliphatic carbocycles. The second-order valence-electron chi connectivity index (χ2n) is 9.51. The molecule has 2 amide bonds. The van der Waals surface area contributed by atoms with Gasteiger partial charge in [0, 0.05) is 19.0 Å². The maximum Gasteiger partial charge on any atom is 0.261 e. The molecule has 3 aromatic carbocycles. The zero-order valence-corrected chi connectivity index (χ0v) is 22.1. The third kappa shape index (κ3) is 7.45. The Labute approximate surface area is 215 Å². The molecule has 0 aromatic heterocycles. The van der Waals surface area contributed by atoms with Crippen molar-refractivity contribution in [3.05, 3.63) is 101 Å². The maximum absolute atomic E-state index is 13.7. The Hall–Kier alpha value is -3.60. The Morgan fingerprint density at radius 1 is 0.889 bits per heavy atom. The Morgan fingerprint density at radius 2 is 1.58 bits per heavy atom. The SMILES string of the molecule is CC[C@@H](C)NC(=O)[C@H](Cc1ccccc1)N(Cc1ccccc1C)C(=O)COc1ccc(C)c(C)c1. The average Bonchev–Trinajstić information content (AvgIpc) is 2.88. The lowest BCUT2D eigenvalue weighted by atomic mass is 10.0. The summed E-state index contributed by atoms with van der Waals surface area (Å²) in [6.45, 7) is 10.3. The van der Waals surface area contributed by atoms with E-state index in [-0.39, 0.29) is 24.5 Å². The summed E-state index contributed by atoms with van der Waals surface area (Å²) in [7, 11) is 0. The number of carbonyl (C=O) groups excluding carboxylic acids is 2. The molecular weight excluding hydrogens is 448 g/mol. The first kappa shape index (κ1) is 27.0. The predicted molar refractivity (Wildman–Crippen MR) is 145 cm³/mol. The third-order valence-corrected chi connectivity index (χ3v) is 6.71. The van der Waals surface area contributed by atoms with Crippen LogP contribution in [0.4, 0.5) is 0 Å². The standard InChI is InChI=1S/C31H38N2O3/c1-6-25(5)32-31(35)29(19-26-13-8-7-9-14-26)33(20-27-15-11-10-12-23(27)3)30(34)21-36-28-17-16-22(2)24(4)18-28/h7-18,25,29H,6,19-21H2,1-5H3,(H,32,35)/t25-,29+/m1/s1. The molecule has 0 spiro atoms. The van der Waals surface area contributed by atoms with Crippen LogP contribution in [-0.2, 0) is 22.6 Å². The maximum atomic E-state index is 13.7. The first-order chi connectivity index (χ1) is 17.3. The summed E-state index contributed by atoms with van der Waals surface area (Å²) < 4.78 is 5.91. The highest BCUT2D eigenvalue weighted by molar-refractivity contribution is 5.88. The van der Waals surface area contributed by atoms with Crippen LogP contribution in [-0.4, -0.2) is 35.4 Å². The van der Waals surface area contributed by atoms with Crippen LogP contribution in [0.5, 0.6) is 5.75 Å². The van der Waals surface area contributed by atoms with E-state index in [4.69, 9.17) is 4.74 Å². The van der Waals surface area contributed by atoms with Gasteiger partial charge in [0.05, 0.1) is 0 Å². The minimum Gasteiger partial charge on any atom is -0.484 e. The van der Waals surface area contributed by atoms with Crippen molar-refractivity contribution in [2.24, 2.45) is 0 Å².